The van der Waals surface area contributed by atoms with Crippen molar-refractivity contribution in [3.8, 4) is 0 Å². The molecular weight excluding hydrogens is 418 g/mol. The summed E-state index contributed by atoms with van der Waals surface area (Å²) in [6, 6.07) is 0. The van der Waals surface area contributed by atoms with E-state index in [9.17, 15) is 24.9 Å². The molecule has 9 atom stereocenters. The maximum absolute atomic E-state index is 17.0. The molecule has 3 fully saturated rings. The molecule has 9 unspecified atom stereocenters. The Bertz CT molecular complexity index is 889. The minimum Gasteiger partial charge on any atom is -0.390 e. The largest absolute Gasteiger partial charge is 0.390 e. The number of allylic oxidation sites excluding steroid dienone is 4. The normalized spacial score (nSPS) is 52.7. The van der Waals surface area contributed by atoms with Crippen LogP contribution in [0.3, 0.4) is 0 Å². The van der Waals surface area contributed by atoms with Gasteiger partial charge < -0.3 is 15.3 Å². The smallest absolute Gasteiger partial charge is 0.196 e. The van der Waals surface area contributed by atoms with Crippen LogP contribution in [0, 0.1) is 28.6 Å². The fraction of sp³-hybridized carbons (Fsp3) is 0.727. The number of aliphatic hydroxyl groups is 3. The number of halogens is 3. The first-order valence-corrected chi connectivity index (χ1v) is 10.7. The van der Waals surface area contributed by atoms with Gasteiger partial charge in [-0.1, -0.05) is 31.5 Å². The molecule has 166 valence electrons. The molecule has 0 aromatic carbocycles. The lowest BCUT2D eigenvalue weighted by atomic mass is 9.44. The number of hydrogen-bond donors (Lipinski definition) is 3. The lowest BCUT2D eigenvalue weighted by molar-refractivity contribution is -0.224. The number of ketones is 2. The Hall–Kier alpha value is -1.15. The monoisotopic (exact) mass is 444 g/mol. The zero-order chi connectivity index (χ0) is 22.4. The first-order valence-electron chi connectivity index (χ1n) is 10.3. The van der Waals surface area contributed by atoms with Gasteiger partial charge in [-0.15, -0.1) is 0 Å². The van der Waals surface area contributed by atoms with Crippen LogP contribution in [0.4, 0.5) is 8.78 Å². The van der Waals surface area contributed by atoms with Crippen molar-refractivity contribution < 1.29 is 33.7 Å². The van der Waals surface area contributed by atoms with Gasteiger partial charge in [0.25, 0.3) is 0 Å². The van der Waals surface area contributed by atoms with E-state index in [4.69, 9.17) is 11.6 Å². The predicted octanol–water partition coefficient (Wildman–Crippen LogP) is 2.41. The number of alkyl halides is 2. The summed E-state index contributed by atoms with van der Waals surface area (Å²) >= 11 is 6.11. The molecule has 30 heavy (non-hydrogen) atoms. The Morgan fingerprint density at radius 2 is 1.93 bits per heavy atom. The molecule has 4 aliphatic carbocycles. The summed E-state index contributed by atoms with van der Waals surface area (Å²) in [6.07, 6.45) is -1.22. The van der Waals surface area contributed by atoms with E-state index in [-0.39, 0.29) is 29.9 Å². The number of rotatable bonds is 2. The van der Waals surface area contributed by atoms with E-state index in [1.54, 1.807) is 13.8 Å². The van der Waals surface area contributed by atoms with Gasteiger partial charge in [0, 0.05) is 16.7 Å². The Morgan fingerprint density at radius 3 is 2.53 bits per heavy atom. The van der Waals surface area contributed by atoms with E-state index >= 15 is 8.78 Å². The van der Waals surface area contributed by atoms with Crippen LogP contribution >= 0.6 is 11.6 Å². The van der Waals surface area contributed by atoms with Crippen molar-refractivity contribution >= 4 is 23.2 Å². The van der Waals surface area contributed by atoms with Crippen LogP contribution in [-0.4, -0.2) is 57.0 Å². The van der Waals surface area contributed by atoms with Gasteiger partial charge in [-0.2, -0.15) is 0 Å². The highest BCUT2D eigenvalue weighted by molar-refractivity contribution is 6.45. The first kappa shape index (κ1) is 22.1. The van der Waals surface area contributed by atoms with E-state index in [1.165, 1.54) is 13.0 Å². The van der Waals surface area contributed by atoms with E-state index < -0.39 is 70.3 Å². The van der Waals surface area contributed by atoms with Gasteiger partial charge >= 0.3 is 0 Å². The second-order valence-corrected chi connectivity index (χ2v) is 10.3. The molecule has 4 aliphatic rings. The summed E-state index contributed by atoms with van der Waals surface area (Å²) in [5, 5.41) is 31.6. The summed E-state index contributed by atoms with van der Waals surface area (Å²) < 4.78 is 32.4. The average Bonchev–Trinajstić information content (AvgIpc) is 2.88. The number of aliphatic hydroxyl groups excluding tert-OH is 2. The van der Waals surface area contributed by atoms with Crippen molar-refractivity contribution in [3.63, 3.8) is 0 Å². The molecule has 3 saturated carbocycles. The zero-order valence-corrected chi connectivity index (χ0v) is 17.9. The van der Waals surface area contributed by atoms with Crippen LogP contribution in [0.25, 0.3) is 0 Å². The van der Waals surface area contributed by atoms with Gasteiger partial charge in [-0.3, -0.25) is 9.59 Å². The summed E-state index contributed by atoms with van der Waals surface area (Å²) in [6.45, 7) is 3.84. The molecule has 0 bridgehead atoms. The summed E-state index contributed by atoms with van der Waals surface area (Å²) in [7, 11) is 0. The van der Waals surface area contributed by atoms with Gasteiger partial charge in [0.2, 0.25) is 0 Å². The number of Topliss-reactive ketones (excluding diaryl/α,β-unsaturated/α-hetero) is 1. The third-order valence-corrected chi connectivity index (χ3v) is 9.25. The minimum absolute atomic E-state index is 0.147. The fourth-order valence-corrected chi connectivity index (χ4v) is 7.72. The van der Waals surface area contributed by atoms with Gasteiger partial charge in [0.15, 0.2) is 17.2 Å². The molecule has 0 heterocycles. The van der Waals surface area contributed by atoms with Crippen molar-refractivity contribution in [2.75, 3.05) is 6.61 Å². The Labute approximate surface area is 178 Å². The molecule has 0 aliphatic heterocycles. The highest BCUT2D eigenvalue weighted by atomic mass is 35.5. The molecule has 0 amide bonds. The third kappa shape index (κ3) is 2.22. The maximum atomic E-state index is 17.0. The molecule has 4 rings (SSSR count). The average molecular weight is 445 g/mol. The molecule has 5 nitrogen and oxygen atoms in total. The molecule has 0 radical (unpaired) electrons. The van der Waals surface area contributed by atoms with Gasteiger partial charge in [-0.05, 0) is 49.7 Å². The molecule has 3 N–H and O–H groups in total. The van der Waals surface area contributed by atoms with Crippen LogP contribution in [-0.2, 0) is 9.59 Å². The fourth-order valence-electron chi connectivity index (χ4n) is 7.35. The second kappa shape index (κ2) is 6.44. The van der Waals surface area contributed by atoms with Crippen molar-refractivity contribution in [2.45, 2.75) is 63.6 Å². The molecule has 0 aromatic heterocycles. The van der Waals surface area contributed by atoms with Crippen LogP contribution < -0.4 is 0 Å². The summed E-state index contributed by atoms with van der Waals surface area (Å²) in [5.41, 5.74) is -7.30. The van der Waals surface area contributed by atoms with Crippen molar-refractivity contribution in [3.05, 3.63) is 22.8 Å². The number of hydrogen-bond acceptors (Lipinski definition) is 5. The second-order valence-electron chi connectivity index (χ2n) is 9.93. The van der Waals surface area contributed by atoms with E-state index in [0.29, 0.717) is 0 Å². The SMILES string of the molecule is CC1CC2C3CC(F)C4=C(Cl)C(=O)C=CC4(C)C3(F)C(O)CC2(C)C1(O)C(=O)CO. The van der Waals surface area contributed by atoms with Crippen molar-refractivity contribution in [1.82, 2.24) is 0 Å². The quantitative estimate of drug-likeness (QED) is 0.608. The number of carbonyl (C=O) groups excluding carboxylic acids is 2. The van der Waals surface area contributed by atoms with E-state index in [0.717, 1.165) is 6.08 Å². The minimum atomic E-state index is -2.33. The Kier molecular flexibility index (Phi) is 4.73. The van der Waals surface area contributed by atoms with Gasteiger partial charge in [0.1, 0.15) is 18.4 Å². The van der Waals surface area contributed by atoms with Crippen LogP contribution in [0.1, 0.15) is 40.0 Å². The molecule has 0 saturated heterocycles. The van der Waals surface area contributed by atoms with E-state index in [1.807, 2.05) is 0 Å². The van der Waals surface area contributed by atoms with Crippen LogP contribution in [0.15, 0.2) is 22.8 Å². The first-order chi connectivity index (χ1) is 13.8. The van der Waals surface area contributed by atoms with Crippen LogP contribution in [0.5, 0.6) is 0 Å². The highest BCUT2D eigenvalue weighted by Crippen LogP contribution is 2.71. The predicted molar refractivity (Wildman–Crippen MR) is 105 cm³/mol. The number of fused-ring (bicyclic) bond motifs is 5. The Morgan fingerprint density at radius 1 is 1.30 bits per heavy atom. The zero-order valence-electron chi connectivity index (χ0n) is 17.2. The van der Waals surface area contributed by atoms with E-state index in [2.05, 4.69) is 0 Å². The highest BCUT2D eigenvalue weighted by Gasteiger charge is 2.76. The molecule has 8 heteroatoms. The van der Waals surface area contributed by atoms with Gasteiger partial charge in [0.05, 0.1) is 11.1 Å². The van der Waals surface area contributed by atoms with Crippen molar-refractivity contribution in [2.24, 2.45) is 28.6 Å². The molecule has 0 aromatic rings. The lowest BCUT2D eigenvalue weighted by Crippen LogP contribution is -2.70. The topological polar surface area (TPSA) is 94.8 Å². The summed E-state index contributed by atoms with van der Waals surface area (Å²) in [5.74, 6) is -3.59. The molecule has 0 spiro atoms. The summed E-state index contributed by atoms with van der Waals surface area (Å²) in [4.78, 5) is 24.6. The lowest BCUT2D eigenvalue weighted by Gasteiger charge is -2.63. The third-order valence-electron chi connectivity index (χ3n) is 8.86. The van der Waals surface area contributed by atoms with Crippen molar-refractivity contribution in [1.29, 1.82) is 0 Å². The maximum Gasteiger partial charge on any atom is 0.196 e. The Balaban J connectivity index is 1.89. The van der Waals surface area contributed by atoms with Crippen LogP contribution in [0.2, 0.25) is 0 Å². The van der Waals surface area contributed by atoms with Gasteiger partial charge in [-0.25, -0.2) is 8.78 Å². The number of carbonyl (C=O) groups is 2. The molecular formula is C22H27ClF2O5. The standard InChI is InChI=1S/C22H27ClF2O5/c1-10-6-11-12-7-13(24)17-18(23)14(27)4-5-19(17,2)21(12,25)15(28)8-20(11,3)22(10,30)16(29)9-26/h4-5,10-13,15,26,28,30H,6-9H2,1-3H3.